The second kappa shape index (κ2) is 6.78. The average Bonchev–Trinajstić information content (AvgIpc) is 3.10. The Morgan fingerprint density at radius 1 is 1.30 bits per heavy atom. The number of nitrogens with zero attached hydrogens (tertiary/aromatic N) is 3. The molecule has 0 N–H and O–H groups in total. The average molecular weight is 307 g/mol. The fourth-order valence-electron chi connectivity index (χ4n) is 2.81. The van der Waals surface area contributed by atoms with Crippen LogP contribution in [0.4, 0.5) is 0 Å². The van der Waals surface area contributed by atoms with E-state index in [1.54, 1.807) is 22.7 Å². The Balaban J connectivity index is 1.40. The van der Waals surface area contributed by atoms with Crippen LogP contribution in [0.2, 0.25) is 0 Å². The SMILES string of the molecule is Cc1nc(CCN2CCC(Cc3nccs3)CC2)cs1. The van der Waals surface area contributed by atoms with Crippen LogP contribution in [-0.4, -0.2) is 34.5 Å². The Morgan fingerprint density at radius 3 is 2.80 bits per heavy atom. The van der Waals surface area contributed by atoms with Crippen LogP contribution in [0.15, 0.2) is 17.0 Å². The van der Waals surface area contributed by atoms with Crippen molar-refractivity contribution in [2.75, 3.05) is 19.6 Å². The fraction of sp³-hybridized carbons (Fsp3) is 0.600. The smallest absolute Gasteiger partial charge is 0.0927 e. The van der Waals surface area contributed by atoms with Gasteiger partial charge in [0.15, 0.2) is 0 Å². The van der Waals surface area contributed by atoms with Gasteiger partial charge in [0, 0.05) is 36.3 Å². The molecule has 0 amide bonds. The first-order valence-corrected chi connectivity index (χ1v) is 9.07. The van der Waals surface area contributed by atoms with E-state index in [1.165, 1.54) is 48.1 Å². The molecule has 3 heterocycles. The summed E-state index contributed by atoms with van der Waals surface area (Å²) in [5.41, 5.74) is 1.26. The Labute approximate surface area is 128 Å². The molecule has 2 aromatic rings. The highest BCUT2D eigenvalue weighted by molar-refractivity contribution is 7.09. The highest BCUT2D eigenvalue weighted by Crippen LogP contribution is 2.22. The first-order chi connectivity index (χ1) is 9.79. The molecule has 0 unspecified atom stereocenters. The molecule has 20 heavy (non-hydrogen) atoms. The standard InChI is InChI=1S/C15H21N3S2/c1-12-17-14(11-20-12)4-8-18-6-2-13(3-7-18)10-15-16-5-9-19-15/h5,9,11,13H,2-4,6-8,10H2,1H3. The Bertz CT molecular complexity index is 513. The van der Waals surface area contributed by atoms with Crippen LogP contribution in [0.5, 0.6) is 0 Å². The molecular weight excluding hydrogens is 286 g/mol. The van der Waals surface area contributed by atoms with Gasteiger partial charge in [-0.25, -0.2) is 9.97 Å². The summed E-state index contributed by atoms with van der Waals surface area (Å²) >= 11 is 3.55. The van der Waals surface area contributed by atoms with Gasteiger partial charge in [-0.1, -0.05) is 0 Å². The van der Waals surface area contributed by atoms with Crippen molar-refractivity contribution in [2.45, 2.75) is 32.6 Å². The van der Waals surface area contributed by atoms with Crippen LogP contribution in [0, 0.1) is 12.8 Å². The minimum atomic E-state index is 0.832. The largest absolute Gasteiger partial charge is 0.303 e. The van der Waals surface area contributed by atoms with Crippen LogP contribution in [0.25, 0.3) is 0 Å². The van der Waals surface area contributed by atoms with Gasteiger partial charge in [0.1, 0.15) is 0 Å². The summed E-state index contributed by atoms with van der Waals surface area (Å²) in [6, 6.07) is 0. The molecule has 1 aliphatic heterocycles. The molecule has 1 saturated heterocycles. The molecule has 0 aliphatic carbocycles. The van der Waals surface area contributed by atoms with Gasteiger partial charge in [-0.2, -0.15) is 0 Å². The van der Waals surface area contributed by atoms with Gasteiger partial charge >= 0.3 is 0 Å². The first-order valence-electron chi connectivity index (χ1n) is 7.31. The third-order valence-electron chi connectivity index (χ3n) is 4.00. The maximum absolute atomic E-state index is 4.54. The predicted molar refractivity (Wildman–Crippen MR) is 85.5 cm³/mol. The van der Waals surface area contributed by atoms with Gasteiger partial charge < -0.3 is 4.90 Å². The molecule has 0 aromatic carbocycles. The van der Waals surface area contributed by atoms with E-state index < -0.39 is 0 Å². The van der Waals surface area contributed by atoms with Crippen LogP contribution in [0.1, 0.15) is 28.6 Å². The molecule has 0 saturated carbocycles. The van der Waals surface area contributed by atoms with Crippen molar-refractivity contribution in [2.24, 2.45) is 5.92 Å². The summed E-state index contributed by atoms with van der Waals surface area (Å²) in [5.74, 6) is 0.832. The minimum absolute atomic E-state index is 0.832. The summed E-state index contributed by atoms with van der Waals surface area (Å²) < 4.78 is 0. The Hall–Kier alpha value is -0.780. The molecule has 108 valence electrons. The highest BCUT2D eigenvalue weighted by atomic mass is 32.1. The lowest BCUT2D eigenvalue weighted by Gasteiger charge is -2.31. The maximum atomic E-state index is 4.54. The van der Waals surface area contributed by atoms with Crippen LogP contribution >= 0.6 is 22.7 Å². The van der Waals surface area contributed by atoms with E-state index in [0.29, 0.717) is 0 Å². The molecule has 0 bridgehead atoms. The van der Waals surface area contributed by atoms with E-state index in [2.05, 4.69) is 32.6 Å². The van der Waals surface area contributed by atoms with Crippen molar-refractivity contribution in [3.63, 3.8) is 0 Å². The molecule has 5 heteroatoms. The molecule has 2 aromatic heterocycles. The van der Waals surface area contributed by atoms with Crippen LogP contribution < -0.4 is 0 Å². The Morgan fingerprint density at radius 2 is 2.15 bits per heavy atom. The normalized spacial score (nSPS) is 17.6. The van der Waals surface area contributed by atoms with Gasteiger partial charge in [0.2, 0.25) is 0 Å². The third kappa shape index (κ3) is 3.87. The molecular formula is C15H21N3S2. The number of aryl methyl sites for hydroxylation is 1. The topological polar surface area (TPSA) is 29.0 Å². The molecule has 1 aliphatic rings. The van der Waals surface area contributed by atoms with Crippen molar-refractivity contribution >= 4 is 22.7 Å². The van der Waals surface area contributed by atoms with Gasteiger partial charge in [0.25, 0.3) is 0 Å². The van der Waals surface area contributed by atoms with E-state index in [0.717, 1.165) is 18.9 Å². The molecule has 0 atom stereocenters. The lowest BCUT2D eigenvalue weighted by atomic mass is 9.94. The molecule has 0 spiro atoms. The van der Waals surface area contributed by atoms with Crippen molar-refractivity contribution in [3.8, 4) is 0 Å². The first kappa shape index (κ1) is 14.2. The van der Waals surface area contributed by atoms with Crippen molar-refractivity contribution in [1.29, 1.82) is 0 Å². The minimum Gasteiger partial charge on any atom is -0.303 e. The lowest BCUT2D eigenvalue weighted by Crippen LogP contribution is -2.35. The zero-order chi connectivity index (χ0) is 13.8. The fourth-order valence-corrected chi connectivity index (χ4v) is 4.19. The Kier molecular flexibility index (Phi) is 4.81. The van der Waals surface area contributed by atoms with Crippen LogP contribution in [0.3, 0.4) is 0 Å². The van der Waals surface area contributed by atoms with E-state index in [9.17, 15) is 0 Å². The number of thiazole rings is 2. The van der Waals surface area contributed by atoms with E-state index in [-0.39, 0.29) is 0 Å². The number of aromatic nitrogens is 2. The third-order valence-corrected chi connectivity index (χ3v) is 5.63. The van der Waals surface area contributed by atoms with E-state index >= 15 is 0 Å². The number of hydrogen-bond acceptors (Lipinski definition) is 5. The van der Waals surface area contributed by atoms with Crippen molar-refractivity contribution < 1.29 is 0 Å². The zero-order valence-electron chi connectivity index (χ0n) is 11.9. The molecule has 3 rings (SSSR count). The van der Waals surface area contributed by atoms with Gasteiger partial charge in [-0.15, -0.1) is 22.7 Å². The monoisotopic (exact) mass is 307 g/mol. The van der Waals surface area contributed by atoms with E-state index in [4.69, 9.17) is 0 Å². The summed E-state index contributed by atoms with van der Waals surface area (Å²) in [5, 5.41) is 6.77. The van der Waals surface area contributed by atoms with Gasteiger partial charge in [-0.3, -0.25) is 0 Å². The van der Waals surface area contributed by atoms with Crippen molar-refractivity contribution in [1.82, 2.24) is 14.9 Å². The van der Waals surface area contributed by atoms with Gasteiger partial charge in [-0.05, 0) is 38.8 Å². The maximum Gasteiger partial charge on any atom is 0.0927 e. The second-order valence-electron chi connectivity index (χ2n) is 5.52. The molecule has 0 radical (unpaired) electrons. The number of rotatable bonds is 5. The van der Waals surface area contributed by atoms with E-state index in [1.807, 2.05) is 6.20 Å². The van der Waals surface area contributed by atoms with Crippen LogP contribution in [-0.2, 0) is 12.8 Å². The molecule has 1 fully saturated rings. The quantitative estimate of drug-likeness (QED) is 0.847. The molecule has 3 nitrogen and oxygen atoms in total. The summed E-state index contributed by atoms with van der Waals surface area (Å²) in [6.45, 7) is 5.71. The number of piperidine rings is 1. The number of likely N-dealkylation sites (tertiary alicyclic amines) is 1. The summed E-state index contributed by atoms with van der Waals surface area (Å²) in [6.07, 6.45) is 6.83. The number of hydrogen-bond donors (Lipinski definition) is 0. The summed E-state index contributed by atoms with van der Waals surface area (Å²) in [4.78, 5) is 11.5. The highest BCUT2D eigenvalue weighted by Gasteiger charge is 2.20. The summed E-state index contributed by atoms with van der Waals surface area (Å²) in [7, 11) is 0. The lowest BCUT2D eigenvalue weighted by molar-refractivity contribution is 0.185. The zero-order valence-corrected chi connectivity index (χ0v) is 13.6. The predicted octanol–water partition coefficient (Wildman–Crippen LogP) is 3.41. The van der Waals surface area contributed by atoms with Crippen molar-refractivity contribution in [3.05, 3.63) is 32.7 Å². The van der Waals surface area contributed by atoms with Gasteiger partial charge in [0.05, 0.1) is 15.7 Å². The second-order valence-corrected chi connectivity index (χ2v) is 7.56.